The van der Waals surface area contributed by atoms with Crippen molar-refractivity contribution in [3.05, 3.63) is 158 Å². The second-order valence-electron chi connectivity index (χ2n) is 12.0. The average molecular weight is 571 g/mol. The molecule has 0 N–H and O–H groups in total. The normalized spacial score (nSPS) is 12.0. The molecule has 0 bridgehead atoms. The highest BCUT2D eigenvalue weighted by molar-refractivity contribution is 6.28. The van der Waals surface area contributed by atoms with E-state index in [9.17, 15) is 0 Å². The summed E-state index contributed by atoms with van der Waals surface area (Å²) >= 11 is 0. The van der Waals surface area contributed by atoms with Crippen LogP contribution < -0.4 is 0 Å². The second kappa shape index (κ2) is 9.29. The summed E-state index contributed by atoms with van der Waals surface area (Å²) in [4.78, 5) is 0. The molecule has 9 aromatic carbocycles. The van der Waals surface area contributed by atoms with Gasteiger partial charge >= 0.3 is 0 Å². The van der Waals surface area contributed by atoms with Gasteiger partial charge < -0.3 is 4.42 Å². The fraction of sp³-hybridized carbons (Fsp3) is 0. The van der Waals surface area contributed by atoms with Crippen LogP contribution in [0, 0.1) is 0 Å². The minimum absolute atomic E-state index is 0.941. The molecule has 1 nitrogen and oxygen atoms in total. The quantitative estimate of drug-likeness (QED) is 0.152. The molecule has 208 valence electrons. The minimum atomic E-state index is 0.941. The van der Waals surface area contributed by atoms with Crippen LogP contribution in [-0.4, -0.2) is 0 Å². The maximum absolute atomic E-state index is 6.33. The monoisotopic (exact) mass is 570 g/mol. The molecule has 0 aliphatic rings. The summed E-state index contributed by atoms with van der Waals surface area (Å²) < 4.78 is 6.33. The van der Waals surface area contributed by atoms with Gasteiger partial charge in [0.1, 0.15) is 11.2 Å². The number of furan rings is 1. The number of benzene rings is 9. The second-order valence-corrected chi connectivity index (χ2v) is 12.0. The highest BCUT2D eigenvalue weighted by Gasteiger charge is 2.21. The third-order valence-corrected chi connectivity index (χ3v) is 9.62. The molecule has 0 atom stereocenters. The highest BCUT2D eigenvalue weighted by atomic mass is 16.3. The Morgan fingerprint density at radius 3 is 1.73 bits per heavy atom. The molecule has 10 aromatic rings. The van der Waals surface area contributed by atoms with Crippen molar-refractivity contribution in [3.63, 3.8) is 0 Å². The molecule has 10 rings (SSSR count). The fourth-order valence-corrected chi connectivity index (χ4v) is 7.69. The lowest BCUT2D eigenvalue weighted by atomic mass is 9.84. The SMILES string of the molecule is c1ccc(-c2cccc3ccc(-c4c5ccccc5c(-c5ccc6oc7cccc8ccc5c6c87)c5ccccc45)cc23)cc1. The van der Waals surface area contributed by atoms with Crippen molar-refractivity contribution in [3.8, 4) is 33.4 Å². The third kappa shape index (κ3) is 3.50. The van der Waals surface area contributed by atoms with Gasteiger partial charge in [0, 0.05) is 10.8 Å². The Hall–Kier alpha value is -5.92. The van der Waals surface area contributed by atoms with Gasteiger partial charge in [-0.2, -0.15) is 0 Å². The van der Waals surface area contributed by atoms with E-state index in [-0.39, 0.29) is 0 Å². The first-order valence-electron chi connectivity index (χ1n) is 15.5. The number of hydrogen-bond acceptors (Lipinski definition) is 1. The predicted molar refractivity (Wildman–Crippen MR) is 191 cm³/mol. The van der Waals surface area contributed by atoms with Gasteiger partial charge in [0.05, 0.1) is 0 Å². The molecular weight excluding hydrogens is 544 g/mol. The standard InChI is InChI=1S/C44H26O/c1-2-10-27(11-3-1)31-18-8-12-28-20-21-30(26-38(28)31)41-32-14-4-6-16-34(32)43(35-17-7-5-15-33(35)41)36-24-25-40-44-37(36)23-22-29-13-9-19-39(45-40)42(29)44/h1-26H. The van der Waals surface area contributed by atoms with Crippen molar-refractivity contribution in [2.24, 2.45) is 0 Å². The molecule has 0 fully saturated rings. The Morgan fingerprint density at radius 1 is 0.311 bits per heavy atom. The first-order valence-corrected chi connectivity index (χ1v) is 15.5. The average Bonchev–Trinajstić information content (AvgIpc) is 3.49. The van der Waals surface area contributed by atoms with Crippen LogP contribution in [0.15, 0.2) is 162 Å². The van der Waals surface area contributed by atoms with E-state index in [1.807, 2.05) is 0 Å². The van der Waals surface area contributed by atoms with Gasteiger partial charge in [-0.05, 0) is 101 Å². The van der Waals surface area contributed by atoms with Crippen LogP contribution in [0.2, 0.25) is 0 Å². The smallest absolute Gasteiger partial charge is 0.136 e. The van der Waals surface area contributed by atoms with E-state index in [4.69, 9.17) is 4.42 Å². The summed E-state index contributed by atoms with van der Waals surface area (Å²) in [5, 5.41) is 12.4. The van der Waals surface area contributed by atoms with Gasteiger partial charge in [-0.3, -0.25) is 0 Å². The molecule has 0 spiro atoms. The van der Waals surface area contributed by atoms with E-state index in [2.05, 4.69) is 158 Å². The molecular formula is C44H26O. The van der Waals surface area contributed by atoms with E-state index < -0.39 is 0 Å². The van der Waals surface area contributed by atoms with Crippen molar-refractivity contribution in [2.75, 3.05) is 0 Å². The maximum Gasteiger partial charge on any atom is 0.136 e. The number of rotatable bonds is 3. The van der Waals surface area contributed by atoms with E-state index in [1.54, 1.807) is 0 Å². The lowest BCUT2D eigenvalue weighted by molar-refractivity contribution is 0.669. The van der Waals surface area contributed by atoms with E-state index in [0.717, 1.165) is 11.2 Å². The zero-order valence-electron chi connectivity index (χ0n) is 24.4. The van der Waals surface area contributed by atoms with Crippen LogP contribution in [0.4, 0.5) is 0 Å². The Kier molecular flexibility index (Phi) is 5.06. The first kappa shape index (κ1) is 24.5. The van der Waals surface area contributed by atoms with Crippen molar-refractivity contribution in [1.82, 2.24) is 0 Å². The molecule has 0 aliphatic heterocycles. The summed E-state index contributed by atoms with van der Waals surface area (Å²) in [5.74, 6) is 0. The Morgan fingerprint density at radius 2 is 0.956 bits per heavy atom. The molecule has 1 heteroatoms. The van der Waals surface area contributed by atoms with Gasteiger partial charge in [0.25, 0.3) is 0 Å². The molecule has 0 saturated carbocycles. The highest BCUT2D eigenvalue weighted by Crippen LogP contribution is 2.48. The molecule has 45 heavy (non-hydrogen) atoms. The number of hydrogen-bond donors (Lipinski definition) is 0. The van der Waals surface area contributed by atoms with Crippen molar-refractivity contribution in [1.29, 1.82) is 0 Å². The van der Waals surface area contributed by atoms with Gasteiger partial charge in [-0.15, -0.1) is 0 Å². The fourth-order valence-electron chi connectivity index (χ4n) is 7.69. The maximum atomic E-state index is 6.33. The molecule has 0 saturated heterocycles. The Labute approximate surface area is 259 Å². The Balaban J connectivity index is 1.31. The molecule has 0 radical (unpaired) electrons. The van der Waals surface area contributed by atoms with Crippen LogP contribution in [0.1, 0.15) is 0 Å². The molecule has 1 aromatic heterocycles. The minimum Gasteiger partial charge on any atom is -0.456 e. The van der Waals surface area contributed by atoms with E-state index >= 15 is 0 Å². The van der Waals surface area contributed by atoms with Crippen molar-refractivity contribution < 1.29 is 4.42 Å². The molecule has 0 amide bonds. The zero-order valence-corrected chi connectivity index (χ0v) is 24.4. The summed E-state index contributed by atoms with van der Waals surface area (Å²) in [6.45, 7) is 0. The van der Waals surface area contributed by atoms with Crippen LogP contribution >= 0.6 is 0 Å². The summed E-state index contributed by atoms with van der Waals surface area (Å²) in [7, 11) is 0. The topological polar surface area (TPSA) is 13.1 Å². The lowest BCUT2D eigenvalue weighted by Crippen LogP contribution is -1.92. The Bertz CT molecular complexity index is 2690. The summed E-state index contributed by atoms with van der Waals surface area (Å²) in [6, 6.07) is 57.4. The van der Waals surface area contributed by atoms with Gasteiger partial charge in [-0.25, -0.2) is 0 Å². The number of fused-ring (bicyclic) bond motifs is 3. The largest absolute Gasteiger partial charge is 0.456 e. The van der Waals surface area contributed by atoms with Crippen molar-refractivity contribution in [2.45, 2.75) is 0 Å². The van der Waals surface area contributed by atoms with Gasteiger partial charge in [-0.1, -0.05) is 133 Å². The van der Waals surface area contributed by atoms with E-state index in [1.165, 1.54) is 87.2 Å². The first-order chi connectivity index (χ1) is 22.3. The molecule has 0 aliphatic carbocycles. The summed E-state index contributed by atoms with van der Waals surface area (Å²) in [5.41, 5.74) is 9.38. The van der Waals surface area contributed by atoms with Crippen molar-refractivity contribution >= 4 is 65.0 Å². The van der Waals surface area contributed by atoms with Gasteiger partial charge in [0.15, 0.2) is 0 Å². The molecule has 1 heterocycles. The van der Waals surface area contributed by atoms with Crippen LogP contribution in [0.25, 0.3) is 98.4 Å². The molecule has 0 unspecified atom stereocenters. The zero-order chi connectivity index (χ0) is 29.5. The van der Waals surface area contributed by atoms with Crippen LogP contribution in [0.3, 0.4) is 0 Å². The van der Waals surface area contributed by atoms with Gasteiger partial charge in [0.2, 0.25) is 0 Å². The third-order valence-electron chi connectivity index (χ3n) is 9.62. The van der Waals surface area contributed by atoms with E-state index in [0.29, 0.717) is 0 Å². The van der Waals surface area contributed by atoms with Crippen LogP contribution in [-0.2, 0) is 0 Å². The lowest BCUT2D eigenvalue weighted by Gasteiger charge is -2.19. The summed E-state index contributed by atoms with van der Waals surface area (Å²) in [6.07, 6.45) is 0. The van der Waals surface area contributed by atoms with Crippen LogP contribution in [0.5, 0.6) is 0 Å². The predicted octanol–water partition coefficient (Wildman–Crippen LogP) is 12.6.